The third-order valence-electron chi connectivity index (χ3n) is 1.49. The third kappa shape index (κ3) is 3.06. The van der Waals surface area contributed by atoms with Gasteiger partial charge in [-0.2, -0.15) is 0 Å². The monoisotopic (exact) mass is 213 g/mol. The molecule has 1 rings (SSSR count). The van der Waals surface area contributed by atoms with Gasteiger partial charge in [0, 0.05) is 6.92 Å². The molecule has 7 nitrogen and oxygen atoms in total. The molecule has 3 N–H and O–H groups in total. The second-order valence-corrected chi connectivity index (χ2v) is 2.83. The van der Waals surface area contributed by atoms with Crippen LogP contribution in [0.5, 0.6) is 0 Å². The standard InChI is InChI=1S/C8H11N3O4/c1-4-7(15-5(2)10-4)8(13)11-14-3-6(9)12/h3H2,1-2H3,(H2,9,12)(H,11,13). The largest absolute Gasteiger partial charge is 0.435 e. The third-order valence-corrected chi connectivity index (χ3v) is 1.49. The fourth-order valence-electron chi connectivity index (χ4n) is 0.961. The van der Waals surface area contributed by atoms with Crippen LogP contribution in [0.3, 0.4) is 0 Å². The fourth-order valence-corrected chi connectivity index (χ4v) is 0.961. The molecule has 0 atom stereocenters. The van der Waals surface area contributed by atoms with Gasteiger partial charge in [-0.25, -0.2) is 10.5 Å². The molecule has 1 heterocycles. The highest BCUT2D eigenvalue weighted by atomic mass is 16.7. The Morgan fingerprint density at radius 3 is 2.67 bits per heavy atom. The molecule has 0 aromatic carbocycles. The number of amides is 2. The van der Waals surface area contributed by atoms with Gasteiger partial charge in [-0.05, 0) is 6.92 Å². The maximum atomic E-state index is 11.3. The van der Waals surface area contributed by atoms with Crippen LogP contribution < -0.4 is 11.2 Å². The number of nitrogens with two attached hydrogens (primary N) is 1. The Hall–Kier alpha value is -1.89. The van der Waals surface area contributed by atoms with Crippen LogP contribution in [0, 0.1) is 13.8 Å². The molecule has 15 heavy (non-hydrogen) atoms. The van der Waals surface area contributed by atoms with Crippen LogP contribution in [-0.4, -0.2) is 23.4 Å². The first-order valence-corrected chi connectivity index (χ1v) is 4.15. The Kier molecular flexibility index (Phi) is 3.40. The van der Waals surface area contributed by atoms with E-state index in [4.69, 9.17) is 10.2 Å². The zero-order valence-corrected chi connectivity index (χ0v) is 8.36. The van der Waals surface area contributed by atoms with Gasteiger partial charge in [0.05, 0.1) is 5.69 Å². The summed E-state index contributed by atoms with van der Waals surface area (Å²) in [7, 11) is 0. The Bertz CT molecular complexity index is 385. The molecule has 0 aliphatic rings. The summed E-state index contributed by atoms with van der Waals surface area (Å²) < 4.78 is 5.01. The summed E-state index contributed by atoms with van der Waals surface area (Å²) in [6, 6.07) is 0. The van der Waals surface area contributed by atoms with Crippen molar-refractivity contribution >= 4 is 11.8 Å². The van der Waals surface area contributed by atoms with Gasteiger partial charge in [0.25, 0.3) is 0 Å². The molecular formula is C8H11N3O4. The first kappa shape index (κ1) is 11.2. The summed E-state index contributed by atoms with van der Waals surface area (Å²) in [4.78, 5) is 30.1. The van der Waals surface area contributed by atoms with Crippen molar-refractivity contribution in [3.63, 3.8) is 0 Å². The van der Waals surface area contributed by atoms with Crippen LogP contribution in [0.25, 0.3) is 0 Å². The van der Waals surface area contributed by atoms with E-state index in [0.717, 1.165) is 0 Å². The SMILES string of the molecule is Cc1nc(C)c(C(=O)NOCC(N)=O)o1. The lowest BCUT2D eigenvalue weighted by molar-refractivity contribution is -0.124. The smallest absolute Gasteiger partial charge is 0.312 e. The van der Waals surface area contributed by atoms with Crippen LogP contribution in [0.2, 0.25) is 0 Å². The Morgan fingerprint density at radius 2 is 2.20 bits per heavy atom. The number of nitrogens with one attached hydrogen (secondary N) is 1. The molecule has 2 amide bonds. The molecule has 7 heteroatoms. The number of hydrogen-bond donors (Lipinski definition) is 2. The van der Waals surface area contributed by atoms with E-state index in [1.807, 2.05) is 5.48 Å². The Morgan fingerprint density at radius 1 is 1.53 bits per heavy atom. The number of carbonyl (C=O) groups excluding carboxylic acids is 2. The second-order valence-electron chi connectivity index (χ2n) is 2.83. The van der Waals surface area contributed by atoms with Gasteiger partial charge in [0.2, 0.25) is 11.7 Å². The summed E-state index contributed by atoms with van der Waals surface area (Å²) in [5.41, 5.74) is 7.26. The van der Waals surface area contributed by atoms with E-state index in [2.05, 4.69) is 9.82 Å². The number of nitrogens with zero attached hydrogens (tertiary/aromatic N) is 1. The number of rotatable bonds is 4. The lowest BCUT2D eigenvalue weighted by Crippen LogP contribution is -2.29. The summed E-state index contributed by atoms with van der Waals surface area (Å²) in [6.45, 7) is 2.85. The molecule has 0 unspecified atom stereocenters. The van der Waals surface area contributed by atoms with Crippen molar-refractivity contribution in [3.8, 4) is 0 Å². The number of oxazole rings is 1. The number of hydroxylamine groups is 1. The number of carbonyl (C=O) groups is 2. The van der Waals surface area contributed by atoms with E-state index in [1.165, 1.54) is 0 Å². The lowest BCUT2D eigenvalue weighted by Gasteiger charge is -2.01. The highest BCUT2D eigenvalue weighted by molar-refractivity contribution is 5.91. The number of aromatic nitrogens is 1. The molecule has 82 valence electrons. The van der Waals surface area contributed by atoms with Crippen LogP contribution in [0.1, 0.15) is 22.1 Å². The molecule has 0 radical (unpaired) electrons. The van der Waals surface area contributed by atoms with Crippen molar-refractivity contribution in [1.29, 1.82) is 0 Å². The number of hydrogen-bond acceptors (Lipinski definition) is 5. The van der Waals surface area contributed by atoms with Crippen molar-refractivity contribution in [2.45, 2.75) is 13.8 Å². The predicted molar refractivity (Wildman–Crippen MR) is 48.6 cm³/mol. The average molecular weight is 213 g/mol. The summed E-state index contributed by atoms with van der Waals surface area (Å²) >= 11 is 0. The Balaban J connectivity index is 2.54. The van der Waals surface area contributed by atoms with Gasteiger partial charge in [-0.15, -0.1) is 0 Å². The first-order valence-electron chi connectivity index (χ1n) is 4.15. The Labute approximate surface area is 85.6 Å². The van der Waals surface area contributed by atoms with Gasteiger partial charge in [0.15, 0.2) is 12.5 Å². The molecule has 0 saturated heterocycles. The lowest BCUT2D eigenvalue weighted by atomic mass is 10.4. The van der Waals surface area contributed by atoms with E-state index in [-0.39, 0.29) is 5.76 Å². The van der Waals surface area contributed by atoms with Crippen molar-refractivity contribution in [2.24, 2.45) is 5.73 Å². The van der Waals surface area contributed by atoms with Crippen LogP contribution in [0.15, 0.2) is 4.42 Å². The molecule has 1 aromatic rings. The molecule has 0 aliphatic carbocycles. The predicted octanol–water partition coefficient (Wildman–Crippen LogP) is -0.562. The quantitative estimate of drug-likeness (QED) is 0.651. The van der Waals surface area contributed by atoms with E-state index in [1.54, 1.807) is 13.8 Å². The molecule has 0 spiro atoms. The van der Waals surface area contributed by atoms with E-state index in [0.29, 0.717) is 11.6 Å². The maximum Gasteiger partial charge on any atom is 0.312 e. The van der Waals surface area contributed by atoms with Crippen molar-refractivity contribution in [1.82, 2.24) is 10.5 Å². The van der Waals surface area contributed by atoms with Gasteiger partial charge in [-0.1, -0.05) is 0 Å². The number of primary amides is 1. The minimum absolute atomic E-state index is 0.0528. The highest BCUT2D eigenvalue weighted by Gasteiger charge is 2.15. The number of aryl methyl sites for hydroxylation is 2. The minimum atomic E-state index is -0.680. The second kappa shape index (κ2) is 4.56. The van der Waals surface area contributed by atoms with E-state index >= 15 is 0 Å². The maximum absolute atomic E-state index is 11.3. The first-order chi connectivity index (χ1) is 7.00. The molecule has 0 aliphatic heterocycles. The average Bonchev–Trinajstić information content (AvgIpc) is 2.44. The van der Waals surface area contributed by atoms with E-state index < -0.39 is 18.4 Å². The van der Waals surface area contributed by atoms with Crippen LogP contribution in [-0.2, 0) is 9.63 Å². The topological polar surface area (TPSA) is 107 Å². The highest BCUT2D eigenvalue weighted by Crippen LogP contribution is 2.08. The van der Waals surface area contributed by atoms with Gasteiger partial charge < -0.3 is 10.2 Å². The summed E-state index contributed by atoms with van der Waals surface area (Å²) in [6.07, 6.45) is 0. The molecule has 1 aromatic heterocycles. The minimum Gasteiger partial charge on any atom is -0.435 e. The van der Waals surface area contributed by atoms with Gasteiger partial charge >= 0.3 is 5.91 Å². The van der Waals surface area contributed by atoms with Gasteiger partial charge in [0.1, 0.15) is 0 Å². The normalized spacial score (nSPS) is 10.0. The molecule has 0 saturated carbocycles. The molecular weight excluding hydrogens is 202 g/mol. The summed E-state index contributed by atoms with van der Waals surface area (Å²) in [5.74, 6) is -0.848. The zero-order chi connectivity index (χ0) is 11.4. The van der Waals surface area contributed by atoms with E-state index in [9.17, 15) is 9.59 Å². The summed E-state index contributed by atoms with van der Waals surface area (Å²) in [5, 5.41) is 0. The molecule has 0 fully saturated rings. The van der Waals surface area contributed by atoms with Crippen molar-refractivity contribution < 1.29 is 18.8 Å². The molecule has 0 bridgehead atoms. The van der Waals surface area contributed by atoms with Crippen LogP contribution >= 0.6 is 0 Å². The van der Waals surface area contributed by atoms with Gasteiger partial charge in [-0.3, -0.25) is 14.4 Å². The van der Waals surface area contributed by atoms with Crippen molar-refractivity contribution in [3.05, 3.63) is 17.3 Å². The van der Waals surface area contributed by atoms with Crippen LogP contribution in [0.4, 0.5) is 0 Å². The zero-order valence-electron chi connectivity index (χ0n) is 8.36. The van der Waals surface area contributed by atoms with Crippen molar-refractivity contribution in [2.75, 3.05) is 6.61 Å². The fraction of sp³-hybridized carbons (Fsp3) is 0.375.